The van der Waals surface area contributed by atoms with Gasteiger partial charge in [-0.3, -0.25) is 19.0 Å². The smallest absolute Gasteiger partial charge is 0.330 e. The molecule has 12 heteroatoms. The van der Waals surface area contributed by atoms with Gasteiger partial charge in [0.1, 0.15) is 11.3 Å². The van der Waals surface area contributed by atoms with E-state index in [2.05, 4.69) is 22.0 Å². The number of benzene rings is 3. The van der Waals surface area contributed by atoms with Gasteiger partial charge in [-0.05, 0) is 42.5 Å². The lowest BCUT2D eigenvalue weighted by molar-refractivity contribution is -0.119. The highest BCUT2D eigenvalue weighted by Crippen LogP contribution is 2.45. The van der Waals surface area contributed by atoms with E-state index in [1.165, 1.54) is 30.4 Å². The summed E-state index contributed by atoms with van der Waals surface area (Å²) in [7, 11) is 4.44. The summed E-state index contributed by atoms with van der Waals surface area (Å²) in [5, 5.41) is 10.1. The number of halogens is 2. The Morgan fingerprint density at radius 1 is 0.978 bits per heavy atom. The van der Waals surface area contributed by atoms with Crippen LogP contribution in [0.15, 0.2) is 64.3 Å². The number of ether oxygens (including phenoxy) is 1. The molecule has 3 aromatic carbocycles. The van der Waals surface area contributed by atoms with Crippen LogP contribution in [0.4, 0.5) is 5.69 Å². The number of hydrogen-bond donors (Lipinski definition) is 3. The number of methoxy groups -OCH3 is 1. The average Bonchev–Trinajstić information content (AvgIpc) is 3.66. The predicted octanol–water partition coefficient (Wildman–Crippen LogP) is 4.84. The van der Waals surface area contributed by atoms with Crippen molar-refractivity contribution in [3.63, 3.8) is 0 Å². The molecule has 2 aliphatic rings. The summed E-state index contributed by atoms with van der Waals surface area (Å²) in [6.45, 7) is 0.705. The van der Waals surface area contributed by atoms with Crippen molar-refractivity contribution >= 4 is 40.7 Å². The Labute approximate surface area is 275 Å². The van der Waals surface area contributed by atoms with Crippen LogP contribution >= 0.6 is 23.2 Å². The third-order valence-electron chi connectivity index (χ3n) is 8.73. The number of aryl methyl sites for hydroxylation is 2. The van der Waals surface area contributed by atoms with E-state index in [0.29, 0.717) is 29.1 Å². The SMILES string of the molecule is COc1cc(-c2cccc(-c3cccc(NC(=O)c4cn(C)c(=O)n(C)c4=O)c3Cl)c2Cl)cc2c1[C@@H](NCC1CCC(=O)N1)CC2. The molecule has 0 radical (unpaired) electrons. The molecule has 0 bridgehead atoms. The highest BCUT2D eigenvalue weighted by Gasteiger charge is 2.29. The first-order valence-electron chi connectivity index (χ1n) is 15.0. The van der Waals surface area contributed by atoms with Crippen LogP contribution in [0.3, 0.4) is 0 Å². The van der Waals surface area contributed by atoms with Gasteiger partial charge in [-0.25, -0.2) is 4.79 Å². The molecule has 1 fully saturated rings. The van der Waals surface area contributed by atoms with Crippen molar-refractivity contribution in [2.24, 2.45) is 14.1 Å². The van der Waals surface area contributed by atoms with Crippen LogP contribution < -0.4 is 31.9 Å². The number of carbonyl (C=O) groups excluding carboxylic acids is 2. The van der Waals surface area contributed by atoms with Crippen LogP contribution in [0.1, 0.15) is 46.8 Å². The van der Waals surface area contributed by atoms with Crippen LogP contribution in [0.5, 0.6) is 5.75 Å². The molecule has 10 nitrogen and oxygen atoms in total. The lowest BCUT2D eigenvalue weighted by atomic mass is 9.95. The summed E-state index contributed by atoms with van der Waals surface area (Å²) in [6.07, 6.45) is 4.41. The maximum Gasteiger partial charge on any atom is 0.330 e. The Balaban J connectivity index is 1.29. The number of nitrogens with zero attached hydrogens (tertiary/aromatic N) is 2. The van der Waals surface area contributed by atoms with E-state index in [4.69, 9.17) is 27.9 Å². The molecule has 0 saturated carbocycles. The van der Waals surface area contributed by atoms with E-state index in [1.54, 1.807) is 25.3 Å². The summed E-state index contributed by atoms with van der Waals surface area (Å²) >= 11 is 13.9. The standard InChI is InChI=1S/C34H33Cl2N5O5/c1-40-17-24(33(44)41(2)34(40)45)32(43)39-26-9-5-8-23(31(26)36)22-7-4-6-21(30(22)35)19-14-18-10-12-25(29(18)27(15-19)46-3)37-16-20-11-13-28(42)38-20/h4-9,14-15,17,20,25,37H,10-13,16H2,1-3H3,(H,38,42)(H,39,43)/t20?,25-/m0/s1. The summed E-state index contributed by atoms with van der Waals surface area (Å²) in [4.78, 5) is 49.4. The van der Waals surface area contributed by atoms with E-state index in [-0.39, 0.29) is 34.3 Å². The maximum atomic E-state index is 13.1. The van der Waals surface area contributed by atoms with Gasteiger partial charge in [0.2, 0.25) is 5.91 Å². The molecular weight excluding hydrogens is 629 g/mol. The van der Waals surface area contributed by atoms with Crippen molar-refractivity contribution in [2.45, 2.75) is 37.8 Å². The van der Waals surface area contributed by atoms with E-state index < -0.39 is 17.2 Å². The van der Waals surface area contributed by atoms with Gasteiger partial charge in [-0.1, -0.05) is 59.6 Å². The topological polar surface area (TPSA) is 123 Å². The number of anilines is 1. The highest BCUT2D eigenvalue weighted by atomic mass is 35.5. The molecule has 3 N–H and O–H groups in total. The number of nitrogens with one attached hydrogen (secondary N) is 3. The van der Waals surface area contributed by atoms with Gasteiger partial charge in [0.25, 0.3) is 11.5 Å². The van der Waals surface area contributed by atoms with Crippen LogP contribution in [0.25, 0.3) is 22.3 Å². The largest absolute Gasteiger partial charge is 0.496 e. The lowest BCUT2D eigenvalue weighted by Crippen LogP contribution is -2.40. The van der Waals surface area contributed by atoms with E-state index in [9.17, 15) is 19.2 Å². The summed E-state index contributed by atoms with van der Waals surface area (Å²) in [6, 6.07) is 15.3. The third kappa shape index (κ3) is 5.84. The molecule has 46 heavy (non-hydrogen) atoms. The number of rotatable bonds is 8. The molecule has 1 aromatic heterocycles. The molecule has 1 aliphatic heterocycles. The number of amides is 2. The minimum Gasteiger partial charge on any atom is -0.496 e. The summed E-state index contributed by atoms with van der Waals surface area (Å²) < 4.78 is 7.92. The second kappa shape index (κ2) is 12.8. The first-order valence-corrected chi connectivity index (χ1v) is 15.7. The Kier molecular flexibility index (Phi) is 8.78. The fraction of sp³-hybridized carbons (Fsp3) is 0.294. The van der Waals surface area contributed by atoms with Gasteiger partial charge >= 0.3 is 5.69 Å². The van der Waals surface area contributed by atoms with Crippen molar-refractivity contribution < 1.29 is 14.3 Å². The molecule has 238 valence electrons. The first kappa shape index (κ1) is 31.6. The molecule has 1 aliphatic carbocycles. The Bertz CT molecular complexity index is 2000. The van der Waals surface area contributed by atoms with E-state index >= 15 is 0 Å². The van der Waals surface area contributed by atoms with Gasteiger partial charge in [0.15, 0.2) is 0 Å². The fourth-order valence-corrected chi connectivity index (χ4v) is 6.94. The molecular formula is C34H33Cl2N5O5. The fourth-order valence-electron chi connectivity index (χ4n) is 6.33. The van der Waals surface area contributed by atoms with Gasteiger partial charge in [-0.2, -0.15) is 0 Å². The van der Waals surface area contributed by atoms with E-state index in [0.717, 1.165) is 46.3 Å². The monoisotopic (exact) mass is 661 g/mol. The van der Waals surface area contributed by atoms with Crippen molar-refractivity contribution in [1.82, 2.24) is 19.8 Å². The zero-order valence-electron chi connectivity index (χ0n) is 25.6. The molecule has 2 heterocycles. The number of aromatic nitrogens is 2. The molecule has 4 aromatic rings. The zero-order chi connectivity index (χ0) is 32.7. The summed E-state index contributed by atoms with van der Waals surface area (Å²) in [5.41, 5.74) is 4.10. The van der Waals surface area contributed by atoms with Crippen molar-refractivity contribution in [1.29, 1.82) is 0 Å². The van der Waals surface area contributed by atoms with Crippen LogP contribution in [0.2, 0.25) is 10.0 Å². The van der Waals surface area contributed by atoms with Crippen molar-refractivity contribution in [2.75, 3.05) is 19.0 Å². The molecule has 2 atom stereocenters. The van der Waals surface area contributed by atoms with Crippen LogP contribution in [0, 0.1) is 0 Å². The van der Waals surface area contributed by atoms with E-state index in [1.807, 2.05) is 24.3 Å². The lowest BCUT2D eigenvalue weighted by Gasteiger charge is -2.20. The zero-order valence-corrected chi connectivity index (χ0v) is 27.1. The first-order chi connectivity index (χ1) is 22.1. The maximum absolute atomic E-state index is 13.1. The Morgan fingerprint density at radius 3 is 2.41 bits per heavy atom. The molecule has 2 amide bonds. The molecule has 1 saturated heterocycles. The minimum absolute atomic E-state index is 0.103. The van der Waals surface area contributed by atoms with Crippen LogP contribution in [-0.4, -0.2) is 40.6 Å². The molecule has 6 rings (SSSR count). The van der Waals surface area contributed by atoms with Gasteiger partial charge in [0.05, 0.1) is 22.8 Å². The number of carbonyl (C=O) groups is 2. The Hall–Kier alpha value is -4.38. The van der Waals surface area contributed by atoms with Crippen molar-refractivity contribution in [3.8, 4) is 28.0 Å². The number of fused-ring (bicyclic) bond motifs is 1. The highest BCUT2D eigenvalue weighted by molar-refractivity contribution is 6.39. The van der Waals surface area contributed by atoms with Gasteiger partial charge in [0, 0.05) is 67.6 Å². The normalized spacial score (nSPS) is 17.1. The molecule has 1 unspecified atom stereocenters. The summed E-state index contributed by atoms with van der Waals surface area (Å²) in [5.74, 6) is 0.180. The quantitative estimate of drug-likeness (QED) is 0.248. The van der Waals surface area contributed by atoms with Gasteiger partial charge in [-0.15, -0.1) is 0 Å². The third-order valence-corrected chi connectivity index (χ3v) is 9.55. The minimum atomic E-state index is -0.710. The number of hydrogen-bond acceptors (Lipinski definition) is 6. The second-order valence-electron chi connectivity index (χ2n) is 11.6. The van der Waals surface area contributed by atoms with Crippen LogP contribution in [-0.2, 0) is 25.3 Å². The van der Waals surface area contributed by atoms with Gasteiger partial charge < -0.3 is 25.3 Å². The Morgan fingerprint density at radius 2 is 1.70 bits per heavy atom. The molecule has 0 spiro atoms. The average molecular weight is 663 g/mol. The second-order valence-corrected chi connectivity index (χ2v) is 12.4. The predicted molar refractivity (Wildman–Crippen MR) is 179 cm³/mol. The van der Waals surface area contributed by atoms with Crippen molar-refractivity contribution in [3.05, 3.63) is 102 Å².